The summed E-state index contributed by atoms with van der Waals surface area (Å²) in [5.41, 5.74) is 0. The molecule has 0 unspecified atom stereocenters. The molecular formula is C8H12ClNS2. The van der Waals surface area contributed by atoms with Crippen LogP contribution in [0, 0.1) is 0 Å². The Morgan fingerprint density at radius 2 is 2.33 bits per heavy atom. The van der Waals surface area contributed by atoms with Gasteiger partial charge in [0.05, 0.1) is 4.34 Å². The molecule has 1 heterocycles. The number of rotatable bonds is 4. The fourth-order valence-electron chi connectivity index (χ4n) is 0.953. The van der Waals surface area contributed by atoms with E-state index in [9.17, 15) is 0 Å². The molecule has 0 saturated heterocycles. The van der Waals surface area contributed by atoms with Gasteiger partial charge in [-0.2, -0.15) is 12.6 Å². The Bertz CT molecular complexity index is 237. The molecule has 0 N–H and O–H groups in total. The number of hydrogen-bond donors (Lipinski definition) is 1. The normalized spacial score (nSPS) is 11.0. The van der Waals surface area contributed by atoms with Crippen molar-refractivity contribution in [2.24, 2.45) is 0 Å². The lowest BCUT2D eigenvalue weighted by atomic mass is 10.4. The van der Waals surface area contributed by atoms with Gasteiger partial charge in [0.25, 0.3) is 0 Å². The van der Waals surface area contributed by atoms with E-state index in [1.165, 1.54) is 4.88 Å². The molecule has 0 aliphatic carbocycles. The number of halogens is 1. The Morgan fingerprint density at radius 3 is 2.83 bits per heavy atom. The van der Waals surface area contributed by atoms with E-state index in [0.29, 0.717) is 0 Å². The molecule has 0 saturated carbocycles. The van der Waals surface area contributed by atoms with Crippen LogP contribution in [0.1, 0.15) is 4.88 Å². The first-order valence-corrected chi connectivity index (χ1v) is 5.58. The lowest BCUT2D eigenvalue weighted by Gasteiger charge is -2.13. The highest BCUT2D eigenvalue weighted by atomic mass is 35.5. The summed E-state index contributed by atoms with van der Waals surface area (Å²) in [5, 5.41) is 0. The first-order valence-electron chi connectivity index (χ1n) is 3.76. The Balaban J connectivity index is 2.41. The van der Waals surface area contributed by atoms with Gasteiger partial charge in [-0.1, -0.05) is 11.6 Å². The van der Waals surface area contributed by atoms with Crippen molar-refractivity contribution in [2.45, 2.75) is 6.54 Å². The number of hydrogen-bond acceptors (Lipinski definition) is 3. The molecule has 0 aliphatic heterocycles. The summed E-state index contributed by atoms with van der Waals surface area (Å²) in [6.45, 7) is 1.98. The van der Waals surface area contributed by atoms with Gasteiger partial charge in [0.1, 0.15) is 0 Å². The molecule has 68 valence electrons. The zero-order valence-electron chi connectivity index (χ0n) is 6.96. The molecule has 0 spiro atoms. The Labute approximate surface area is 87.7 Å². The fraction of sp³-hybridized carbons (Fsp3) is 0.500. The monoisotopic (exact) mass is 221 g/mol. The highest BCUT2D eigenvalue weighted by molar-refractivity contribution is 7.80. The standard InChI is InChI=1S/C8H12ClNS2/c1-10(4-5-11)6-7-2-3-8(9)12-7/h2-3,11H,4-6H2,1H3. The summed E-state index contributed by atoms with van der Waals surface area (Å²) >= 11 is 11.6. The van der Waals surface area contributed by atoms with Gasteiger partial charge in [-0.3, -0.25) is 0 Å². The molecule has 1 aromatic rings. The Morgan fingerprint density at radius 1 is 1.58 bits per heavy atom. The van der Waals surface area contributed by atoms with Gasteiger partial charge in [0.15, 0.2) is 0 Å². The Hall–Kier alpha value is 0.300. The molecule has 4 heteroatoms. The van der Waals surface area contributed by atoms with E-state index in [1.807, 2.05) is 6.07 Å². The summed E-state index contributed by atoms with van der Waals surface area (Å²) in [6.07, 6.45) is 0. The summed E-state index contributed by atoms with van der Waals surface area (Å²) in [4.78, 5) is 3.54. The van der Waals surface area contributed by atoms with Gasteiger partial charge in [-0.25, -0.2) is 0 Å². The molecule has 0 aliphatic rings. The fourth-order valence-corrected chi connectivity index (χ4v) is 2.46. The van der Waals surface area contributed by atoms with E-state index in [1.54, 1.807) is 11.3 Å². The lowest BCUT2D eigenvalue weighted by Crippen LogP contribution is -2.19. The topological polar surface area (TPSA) is 3.24 Å². The second kappa shape index (κ2) is 5.12. The maximum atomic E-state index is 5.81. The van der Waals surface area contributed by atoms with Crippen LogP contribution >= 0.6 is 35.6 Å². The first-order chi connectivity index (χ1) is 5.72. The maximum absolute atomic E-state index is 5.81. The van der Waals surface area contributed by atoms with Crippen LogP contribution in [0.5, 0.6) is 0 Å². The van der Waals surface area contributed by atoms with Crippen LogP contribution in [0.2, 0.25) is 4.34 Å². The zero-order valence-corrected chi connectivity index (χ0v) is 9.42. The summed E-state index contributed by atoms with van der Waals surface area (Å²) < 4.78 is 0.865. The van der Waals surface area contributed by atoms with Crippen molar-refractivity contribution >= 4 is 35.6 Å². The molecule has 0 aromatic carbocycles. The van der Waals surface area contributed by atoms with Gasteiger partial charge >= 0.3 is 0 Å². The molecule has 0 fully saturated rings. The van der Waals surface area contributed by atoms with Gasteiger partial charge in [0, 0.05) is 23.7 Å². The second-order valence-electron chi connectivity index (χ2n) is 2.67. The largest absolute Gasteiger partial charge is 0.300 e. The van der Waals surface area contributed by atoms with Gasteiger partial charge in [-0.15, -0.1) is 11.3 Å². The molecule has 12 heavy (non-hydrogen) atoms. The van der Waals surface area contributed by atoms with Crippen LogP contribution in [0.3, 0.4) is 0 Å². The smallest absolute Gasteiger partial charge is 0.0931 e. The summed E-state index contributed by atoms with van der Waals surface area (Å²) in [6, 6.07) is 4.01. The van der Waals surface area contributed by atoms with Crippen LogP contribution in [0.15, 0.2) is 12.1 Å². The minimum atomic E-state index is 0.865. The lowest BCUT2D eigenvalue weighted by molar-refractivity contribution is 0.352. The molecule has 1 rings (SSSR count). The summed E-state index contributed by atoms with van der Waals surface area (Å²) in [5.74, 6) is 0.898. The molecular weight excluding hydrogens is 210 g/mol. The van der Waals surface area contributed by atoms with Crippen LogP contribution in [-0.2, 0) is 6.54 Å². The van der Waals surface area contributed by atoms with Crippen LogP contribution in [0.4, 0.5) is 0 Å². The third-order valence-corrected chi connectivity index (χ3v) is 2.95. The van der Waals surface area contributed by atoms with Crippen molar-refractivity contribution in [3.8, 4) is 0 Å². The van der Waals surface area contributed by atoms with E-state index < -0.39 is 0 Å². The van der Waals surface area contributed by atoms with E-state index in [2.05, 4.69) is 30.6 Å². The molecule has 0 atom stereocenters. The quantitative estimate of drug-likeness (QED) is 0.766. The van der Waals surface area contributed by atoms with Crippen molar-refractivity contribution in [2.75, 3.05) is 19.3 Å². The van der Waals surface area contributed by atoms with Crippen LogP contribution in [0.25, 0.3) is 0 Å². The highest BCUT2D eigenvalue weighted by Crippen LogP contribution is 2.22. The van der Waals surface area contributed by atoms with Crippen LogP contribution < -0.4 is 0 Å². The van der Waals surface area contributed by atoms with Crippen molar-refractivity contribution in [1.82, 2.24) is 4.90 Å². The van der Waals surface area contributed by atoms with E-state index in [-0.39, 0.29) is 0 Å². The minimum absolute atomic E-state index is 0.865. The summed E-state index contributed by atoms with van der Waals surface area (Å²) in [7, 11) is 2.09. The minimum Gasteiger partial charge on any atom is -0.300 e. The number of thiol groups is 1. The van der Waals surface area contributed by atoms with Crippen molar-refractivity contribution < 1.29 is 0 Å². The number of nitrogens with zero attached hydrogens (tertiary/aromatic N) is 1. The van der Waals surface area contributed by atoms with Crippen molar-refractivity contribution in [1.29, 1.82) is 0 Å². The third-order valence-electron chi connectivity index (χ3n) is 1.54. The molecule has 0 radical (unpaired) electrons. The van der Waals surface area contributed by atoms with Crippen LogP contribution in [-0.4, -0.2) is 24.2 Å². The SMILES string of the molecule is CN(CCS)Cc1ccc(Cl)s1. The van der Waals surface area contributed by atoms with Gasteiger partial charge in [0.2, 0.25) is 0 Å². The molecule has 1 nitrogen and oxygen atoms in total. The van der Waals surface area contributed by atoms with Crippen molar-refractivity contribution in [3.63, 3.8) is 0 Å². The number of thiophene rings is 1. The van der Waals surface area contributed by atoms with E-state index in [4.69, 9.17) is 11.6 Å². The van der Waals surface area contributed by atoms with Gasteiger partial charge < -0.3 is 4.90 Å². The first kappa shape index (κ1) is 10.4. The van der Waals surface area contributed by atoms with E-state index >= 15 is 0 Å². The predicted molar refractivity (Wildman–Crippen MR) is 59.5 cm³/mol. The Kier molecular flexibility index (Phi) is 4.43. The average Bonchev–Trinajstić information content (AvgIpc) is 2.36. The van der Waals surface area contributed by atoms with Gasteiger partial charge in [-0.05, 0) is 19.2 Å². The zero-order chi connectivity index (χ0) is 8.97. The molecule has 1 aromatic heterocycles. The third kappa shape index (κ3) is 3.35. The highest BCUT2D eigenvalue weighted by Gasteiger charge is 2.01. The maximum Gasteiger partial charge on any atom is 0.0931 e. The second-order valence-corrected chi connectivity index (χ2v) is 4.91. The average molecular weight is 222 g/mol. The van der Waals surface area contributed by atoms with Crippen molar-refractivity contribution in [3.05, 3.63) is 21.3 Å². The molecule has 0 bridgehead atoms. The predicted octanol–water partition coefficient (Wildman–Crippen LogP) is 2.76. The molecule has 0 amide bonds. The van der Waals surface area contributed by atoms with E-state index in [0.717, 1.165) is 23.2 Å².